The van der Waals surface area contributed by atoms with Gasteiger partial charge in [0, 0.05) is 32.5 Å². The summed E-state index contributed by atoms with van der Waals surface area (Å²) in [5, 5.41) is 5.78. The van der Waals surface area contributed by atoms with E-state index in [1.807, 2.05) is 24.3 Å². The summed E-state index contributed by atoms with van der Waals surface area (Å²) in [6.45, 7) is 0.938. The van der Waals surface area contributed by atoms with Crippen LogP contribution in [0.4, 0.5) is 5.69 Å². The van der Waals surface area contributed by atoms with Crippen LogP contribution in [0.5, 0.6) is 5.75 Å². The van der Waals surface area contributed by atoms with Crippen molar-refractivity contribution >= 4 is 34.8 Å². The zero-order chi connectivity index (χ0) is 21.2. The monoisotopic (exact) mass is 415 g/mol. The summed E-state index contributed by atoms with van der Waals surface area (Å²) in [6, 6.07) is 14.1. The number of likely N-dealkylation sites (N-methyl/N-ethyl adjacent to an activating group) is 1. The Morgan fingerprint density at radius 1 is 1.00 bits per heavy atom. The molecule has 2 aromatic carbocycles. The molecule has 154 valence electrons. The lowest BCUT2D eigenvalue weighted by Gasteiger charge is -2.12. The molecule has 0 aliphatic heterocycles. The minimum Gasteiger partial charge on any atom is -0.491 e. The first-order chi connectivity index (χ1) is 13.9. The number of anilines is 1. The first-order valence-electron chi connectivity index (χ1n) is 9.02. The highest BCUT2D eigenvalue weighted by molar-refractivity contribution is 7.80. The van der Waals surface area contributed by atoms with Crippen molar-refractivity contribution in [3.8, 4) is 5.75 Å². The molecule has 7 nitrogen and oxygen atoms in total. The van der Waals surface area contributed by atoms with E-state index in [0.29, 0.717) is 30.9 Å². The molecule has 0 aliphatic rings. The van der Waals surface area contributed by atoms with E-state index in [-0.39, 0.29) is 16.9 Å². The number of nitrogens with one attached hydrogen (secondary N) is 2. The molecule has 29 heavy (non-hydrogen) atoms. The van der Waals surface area contributed by atoms with E-state index in [4.69, 9.17) is 21.7 Å². The average Bonchev–Trinajstić information content (AvgIpc) is 2.70. The third kappa shape index (κ3) is 7.52. The molecule has 0 aliphatic carbocycles. The van der Waals surface area contributed by atoms with Gasteiger partial charge >= 0.3 is 0 Å². The lowest BCUT2D eigenvalue weighted by molar-refractivity contribution is -0.127. The number of benzene rings is 2. The van der Waals surface area contributed by atoms with Crippen LogP contribution in [-0.4, -0.2) is 56.2 Å². The van der Waals surface area contributed by atoms with Gasteiger partial charge in [-0.3, -0.25) is 14.9 Å². The molecule has 0 radical (unpaired) electrons. The fraction of sp³-hybridized carbons (Fsp3) is 0.286. The quantitative estimate of drug-likeness (QED) is 0.509. The summed E-state index contributed by atoms with van der Waals surface area (Å²) in [7, 11) is 5.05. The molecule has 0 spiro atoms. The Morgan fingerprint density at radius 3 is 2.24 bits per heavy atom. The number of carbonyl (C=O) groups excluding carboxylic acids is 2. The highest BCUT2D eigenvalue weighted by atomic mass is 32.1. The van der Waals surface area contributed by atoms with Crippen molar-refractivity contribution in [2.24, 2.45) is 0 Å². The lowest BCUT2D eigenvalue weighted by atomic mass is 10.1. The van der Waals surface area contributed by atoms with Gasteiger partial charge in [0.05, 0.1) is 13.0 Å². The third-order valence-corrected chi connectivity index (χ3v) is 4.17. The first-order valence-corrected chi connectivity index (χ1v) is 9.43. The summed E-state index contributed by atoms with van der Waals surface area (Å²) in [4.78, 5) is 25.6. The summed E-state index contributed by atoms with van der Waals surface area (Å²) < 4.78 is 10.4. The van der Waals surface area contributed by atoms with E-state index >= 15 is 0 Å². The number of thiocarbonyl (C=S) groups is 1. The van der Waals surface area contributed by atoms with E-state index in [1.54, 1.807) is 50.4 Å². The average molecular weight is 416 g/mol. The second-order valence-electron chi connectivity index (χ2n) is 6.44. The van der Waals surface area contributed by atoms with Crippen molar-refractivity contribution in [1.29, 1.82) is 0 Å². The number of hydrogen-bond acceptors (Lipinski definition) is 5. The number of ether oxygens (including phenoxy) is 2. The molecule has 2 amide bonds. The van der Waals surface area contributed by atoms with E-state index < -0.39 is 0 Å². The molecule has 0 bridgehead atoms. The van der Waals surface area contributed by atoms with Crippen molar-refractivity contribution in [3.63, 3.8) is 0 Å². The van der Waals surface area contributed by atoms with Crippen LogP contribution in [0, 0.1) is 0 Å². The van der Waals surface area contributed by atoms with Crippen LogP contribution < -0.4 is 15.4 Å². The lowest BCUT2D eigenvalue weighted by Crippen LogP contribution is -2.34. The van der Waals surface area contributed by atoms with E-state index in [1.165, 1.54) is 0 Å². The SMILES string of the molecule is COCCOc1ccc(C(=O)NC(=S)Nc2ccc(CC(=O)N(C)C)cc2)cc1. The van der Waals surface area contributed by atoms with Crippen molar-refractivity contribution in [2.75, 3.05) is 39.7 Å². The fourth-order valence-corrected chi connectivity index (χ4v) is 2.53. The van der Waals surface area contributed by atoms with Gasteiger partial charge in [-0.15, -0.1) is 0 Å². The minimum absolute atomic E-state index is 0.0311. The Kier molecular flexibility index (Phi) is 8.57. The van der Waals surface area contributed by atoms with Crippen LogP contribution in [0.15, 0.2) is 48.5 Å². The Balaban J connectivity index is 1.85. The molecule has 8 heteroatoms. The number of carbonyl (C=O) groups is 2. The highest BCUT2D eigenvalue weighted by Gasteiger charge is 2.09. The maximum absolute atomic E-state index is 12.3. The van der Waals surface area contributed by atoms with Crippen LogP contribution in [-0.2, 0) is 16.0 Å². The van der Waals surface area contributed by atoms with Gasteiger partial charge < -0.3 is 19.7 Å². The van der Waals surface area contributed by atoms with Gasteiger partial charge in [0.15, 0.2) is 5.11 Å². The Labute approximate surface area is 176 Å². The molecule has 2 aromatic rings. The molecule has 0 heterocycles. The number of amides is 2. The molecular formula is C21H25N3O4S. The summed E-state index contributed by atoms with van der Waals surface area (Å²) in [6.07, 6.45) is 0.333. The highest BCUT2D eigenvalue weighted by Crippen LogP contribution is 2.13. The number of rotatable bonds is 8. The third-order valence-electron chi connectivity index (χ3n) is 3.97. The molecule has 2 rings (SSSR count). The molecule has 0 atom stereocenters. The molecule has 0 saturated carbocycles. The predicted octanol–water partition coefficient (Wildman–Crippen LogP) is 2.47. The molecule has 0 unspecified atom stereocenters. The zero-order valence-electron chi connectivity index (χ0n) is 16.7. The minimum atomic E-state index is -0.320. The number of methoxy groups -OCH3 is 1. The van der Waals surface area contributed by atoms with Gasteiger partial charge in [0.2, 0.25) is 5.91 Å². The largest absolute Gasteiger partial charge is 0.491 e. The molecule has 0 fully saturated rings. The van der Waals surface area contributed by atoms with Gasteiger partial charge in [0.1, 0.15) is 12.4 Å². The first kappa shape index (κ1) is 22.3. The van der Waals surface area contributed by atoms with Crippen molar-refractivity contribution in [1.82, 2.24) is 10.2 Å². The van der Waals surface area contributed by atoms with Crippen LogP contribution >= 0.6 is 12.2 Å². The smallest absolute Gasteiger partial charge is 0.257 e. The predicted molar refractivity (Wildman–Crippen MR) is 116 cm³/mol. The number of nitrogens with zero attached hydrogens (tertiary/aromatic N) is 1. The van der Waals surface area contributed by atoms with Crippen molar-refractivity contribution < 1.29 is 19.1 Å². The molecule has 0 saturated heterocycles. The standard InChI is InChI=1S/C21H25N3O4S/c1-24(2)19(25)14-15-4-8-17(9-5-15)22-21(29)23-20(26)16-6-10-18(11-7-16)28-13-12-27-3/h4-11H,12-14H2,1-3H3,(H2,22,23,26,29). The number of hydrogen-bond donors (Lipinski definition) is 2. The van der Waals surface area contributed by atoms with Gasteiger partial charge in [-0.05, 0) is 54.2 Å². The van der Waals surface area contributed by atoms with E-state index in [2.05, 4.69) is 10.6 Å². The van der Waals surface area contributed by atoms with E-state index in [9.17, 15) is 9.59 Å². The summed E-state index contributed by atoms with van der Waals surface area (Å²) >= 11 is 5.20. The fourth-order valence-electron chi connectivity index (χ4n) is 2.32. The normalized spacial score (nSPS) is 10.2. The van der Waals surface area contributed by atoms with Gasteiger partial charge in [0.25, 0.3) is 5.91 Å². The molecule has 0 aromatic heterocycles. The van der Waals surface area contributed by atoms with Gasteiger partial charge in [-0.25, -0.2) is 0 Å². The Morgan fingerprint density at radius 2 is 1.66 bits per heavy atom. The second kappa shape index (κ2) is 11.1. The van der Waals surface area contributed by atoms with Crippen molar-refractivity contribution in [2.45, 2.75) is 6.42 Å². The Bertz CT molecular complexity index is 836. The van der Waals surface area contributed by atoms with Crippen LogP contribution in [0.2, 0.25) is 0 Å². The van der Waals surface area contributed by atoms with Crippen LogP contribution in [0.25, 0.3) is 0 Å². The van der Waals surface area contributed by atoms with E-state index in [0.717, 1.165) is 11.3 Å². The van der Waals surface area contributed by atoms with Gasteiger partial charge in [-0.2, -0.15) is 0 Å². The Hall–Kier alpha value is -2.97. The molecular weight excluding hydrogens is 390 g/mol. The van der Waals surface area contributed by atoms with Crippen LogP contribution in [0.1, 0.15) is 15.9 Å². The molecule has 2 N–H and O–H groups in total. The summed E-state index contributed by atoms with van der Waals surface area (Å²) in [5.41, 5.74) is 2.08. The second-order valence-corrected chi connectivity index (χ2v) is 6.84. The zero-order valence-corrected chi connectivity index (χ0v) is 17.5. The van der Waals surface area contributed by atoms with Crippen LogP contribution in [0.3, 0.4) is 0 Å². The topological polar surface area (TPSA) is 79.9 Å². The maximum atomic E-state index is 12.3. The van der Waals surface area contributed by atoms with Gasteiger partial charge in [-0.1, -0.05) is 12.1 Å². The maximum Gasteiger partial charge on any atom is 0.257 e. The summed E-state index contributed by atoms with van der Waals surface area (Å²) in [5.74, 6) is 0.370. The van der Waals surface area contributed by atoms with Crippen molar-refractivity contribution in [3.05, 3.63) is 59.7 Å².